The van der Waals surface area contributed by atoms with Gasteiger partial charge in [0.25, 0.3) is 0 Å². The zero-order chi connectivity index (χ0) is 13.8. The number of hydrogen-bond acceptors (Lipinski definition) is 4. The highest BCUT2D eigenvalue weighted by Crippen LogP contribution is 2.27. The Kier molecular flexibility index (Phi) is 4.14. The molecule has 1 saturated heterocycles. The number of rotatable bonds is 5. The maximum absolute atomic E-state index is 6.12. The van der Waals surface area contributed by atoms with Gasteiger partial charge in [-0.1, -0.05) is 19.1 Å². The molecule has 1 aromatic heterocycles. The lowest BCUT2D eigenvalue weighted by molar-refractivity contribution is 0.142. The molecular weight excluding hydrogens is 252 g/mol. The zero-order valence-electron chi connectivity index (χ0n) is 11.8. The van der Waals surface area contributed by atoms with Crippen LogP contribution in [-0.2, 0) is 11.3 Å². The van der Waals surface area contributed by atoms with Gasteiger partial charge in [0.05, 0.1) is 24.4 Å². The van der Waals surface area contributed by atoms with Crippen LogP contribution in [0.25, 0.3) is 10.9 Å². The van der Waals surface area contributed by atoms with Crippen LogP contribution in [0.1, 0.15) is 19.0 Å². The first kappa shape index (κ1) is 13.3. The van der Waals surface area contributed by atoms with E-state index in [9.17, 15) is 0 Å². The van der Waals surface area contributed by atoms with Crippen LogP contribution in [0.15, 0.2) is 30.3 Å². The van der Waals surface area contributed by atoms with Crippen LogP contribution in [-0.4, -0.2) is 30.8 Å². The van der Waals surface area contributed by atoms with Gasteiger partial charge in [0.2, 0.25) is 0 Å². The average Bonchev–Trinajstić information content (AvgIpc) is 2.98. The fraction of sp³-hybridized carbons (Fsp3) is 0.438. The Morgan fingerprint density at radius 3 is 3.10 bits per heavy atom. The van der Waals surface area contributed by atoms with E-state index < -0.39 is 0 Å². The standard InChI is InChI=1S/C16H20N2O2/c1-2-17-10-12-9-16(20-13-7-8-19-11-13)14-5-3-4-6-15(14)18-12/h3-6,9,13,17H,2,7-8,10-11H2,1H3. The van der Waals surface area contributed by atoms with Crippen LogP contribution in [0.5, 0.6) is 5.75 Å². The van der Waals surface area contributed by atoms with E-state index in [1.54, 1.807) is 0 Å². The van der Waals surface area contributed by atoms with Gasteiger partial charge >= 0.3 is 0 Å². The summed E-state index contributed by atoms with van der Waals surface area (Å²) in [5, 5.41) is 4.38. The highest BCUT2D eigenvalue weighted by Gasteiger charge is 2.18. The third-order valence-corrected chi connectivity index (χ3v) is 3.47. The molecule has 4 nitrogen and oxygen atoms in total. The summed E-state index contributed by atoms with van der Waals surface area (Å²) in [5.74, 6) is 0.916. The van der Waals surface area contributed by atoms with Crippen molar-refractivity contribution in [1.29, 1.82) is 0 Å². The third-order valence-electron chi connectivity index (χ3n) is 3.47. The molecule has 1 aliphatic rings. The topological polar surface area (TPSA) is 43.4 Å². The predicted molar refractivity (Wildman–Crippen MR) is 79.0 cm³/mol. The number of fused-ring (bicyclic) bond motifs is 1. The number of nitrogens with one attached hydrogen (secondary N) is 1. The largest absolute Gasteiger partial charge is 0.487 e. The van der Waals surface area contributed by atoms with Gasteiger partial charge in [-0.25, -0.2) is 0 Å². The smallest absolute Gasteiger partial charge is 0.131 e. The molecule has 1 fully saturated rings. The van der Waals surface area contributed by atoms with E-state index in [1.165, 1.54) is 0 Å². The number of ether oxygens (including phenoxy) is 2. The van der Waals surface area contributed by atoms with Crippen molar-refractivity contribution in [2.45, 2.75) is 26.0 Å². The SMILES string of the molecule is CCNCc1cc(OC2CCOC2)c2ccccc2n1. The van der Waals surface area contributed by atoms with Crippen LogP contribution in [0, 0.1) is 0 Å². The molecule has 0 saturated carbocycles. The summed E-state index contributed by atoms with van der Waals surface area (Å²) in [6.07, 6.45) is 1.12. The van der Waals surface area contributed by atoms with Crippen molar-refractivity contribution in [2.75, 3.05) is 19.8 Å². The Bertz CT molecular complexity index is 580. The molecule has 3 rings (SSSR count). The first-order valence-electron chi connectivity index (χ1n) is 7.20. The number of nitrogens with zero attached hydrogens (tertiary/aromatic N) is 1. The molecule has 20 heavy (non-hydrogen) atoms. The normalized spacial score (nSPS) is 18.6. The van der Waals surface area contributed by atoms with E-state index in [0.29, 0.717) is 6.61 Å². The van der Waals surface area contributed by atoms with Crippen molar-refractivity contribution >= 4 is 10.9 Å². The molecule has 0 bridgehead atoms. The van der Waals surface area contributed by atoms with Crippen LogP contribution < -0.4 is 10.1 Å². The second-order valence-electron chi connectivity index (χ2n) is 5.01. The van der Waals surface area contributed by atoms with Crippen LogP contribution in [0.2, 0.25) is 0 Å². The van der Waals surface area contributed by atoms with Crippen molar-refractivity contribution in [3.8, 4) is 5.75 Å². The molecule has 2 aromatic rings. The Labute approximate surface area is 119 Å². The summed E-state index contributed by atoms with van der Waals surface area (Å²) >= 11 is 0. The predicted octanol–water partition coefficient (Wildman–Crippen LogP) is 2.51. The fourth-order valence-electron chi connectivity index (χ4n) is 2.42. The van der Waals surface area contributed by atoms with Gasteiger partial charge in [-0.3, -0.25) is 4.98 Å². The average molecular weight is 272 g/mol. The molecule has 1 aromatic carbocycles. The van der Waals surface area contributed by atoms with Crippen molar-refractivity contribution in [1.82, 2.24) is 10.3 Å². The second-order valence-corrected chi connectivity index (χ2v) is 5.01. The number of pyridine rings is 1. The van der Waals surface area contributed by atoms with E-state index in [1.807, 2.05) is 24.3 Å². The third kappa shape index (κ3) is 2.92. The highest BCUT2D eigenvalue weighted by atomic mass is 16.5. The van der Waals surface area contributed by atoms with E-state index in [-0.39, 0.29) is 6.10 Å². The minimum atomic E-state index is 0.160. The summed E-state index contributed by atoms with van der Waals surface area (Å²) in [6, 6.07) is 10.2. The van der Waals surface area contributed by atoms with Crippen molar-refractivity contribution in [3.05, 3.63) is 36.0 Å². The van der Waals surface area contributed by atoms with Gasteiger partial charge in [0, 0.05) is 24.4 Å². The Morgan fingerprint density at radius 2 is 2.30 bits per heavy atom. The highest BCUT2D eigenvalue weighted by molar-refractivity contribution is 5.85. The molecule has 4 heteroatoms. The van der Waals surface area contributed by atoms with E-state index in [2.05, 4.69) is 23.3 Å². The minimum Gasteiger partial charge on any atom is -0.487 e. The maximum atomic E-state index is 6.12. The lowest BCUT2D eigenvalue weighted by Gasteiger charge is -2.15. The lowest BCUT2D eigenvalue weighted by Crippen LogP contribution is -2.17. The lowest BCUT2D eigenvalue weighted by atomic mass is 10.1. The Hall–Kier alpha value is -1.65. The molecule has 0 radical (unpaired) electrons. The van der Waals surface area contributed by atoms with Gasteiger partial charge in [-0.2, -0.15) is 0 Å². The van der Waals surface area contributed by atoms with Gasteiger partial charge < -0.3 is 14.8 Å². The van der Waals surface area contributed by atoms with E-state index >= 15 is 0 Å². The zero-order valence-corrected chi connectivity index (χ0v) is 11.8. The van der Waals surface area contributed by atoms with Crippen molar-refractivity contribution in [3.63, 3.8) is 0 Å². The number of aromatic nitrogens is 1. The van der Waals surface area contributed by atoms with Crippen LogP contribution >= 0.6 is 0 Å². The van der Waals surface area contributed by atoms with Gasteiger partial charge in [0.1, 0.15) is 11.9 Å². The van der Waals surface area contributed by atoms with E-state index in [4.69, 9.17) is 9.47 Å². The molecule has 0 aliphatic carbocycles. The minimum absolute atomic E-state index is 0.160. The molecule has 0 amide bonds. The molecule has 1 N–H and O–H groups in total. The summed E-state index contributed by atoms with van der Waals surface area (Å²) in [6.45, 7) is 5.26. The van der Waals surface area contributed by atoms with Gasteiger partial charge in [-0.15, -0.1) is 0 Å². The van der Waals surface area contributed by atoms with Crippen LogP contribution in [0.4, 0.5) is 0 Å². The molecule has 2 heterocycles. The number of para-hydroxylation sites is 1. The summed E-state index contributed by atoms with van der Waals surface area (Å²) in [7, 11) is 0. The molecule has 106 valence electrons. The Morgan fingerprint density at radius 1 is 1.40 bits per heavy atom. The molecule has 1 unspecified atom stereocenters. The first-order chi connectivity index (χ1) is 9.86. The first-order valence-corrected chi connectivity index (χ1v) is 7.20. The molecular formula is C16H20N2O2. The van der Waals surface area contributed by atoms with E-state index in [0.717, 1.165) is 48.5 Å². The number of benzene rings is 1. The molecule has 0 spiro atoms. The van der Waals surface area contributed by atoms with Crippen molar-refractivity contribution < 1.29 is 9.47 Å². The number of hydrogen-bond donors (Lipinski definition) is 1. The monoisotopic (exact) mass is 272 g/mol. The summed E-state index contributed by atoms with van der Waals surface area (Å²) < 4.78 is 11.5. The van der Waals surface area contributed by atoms with Gasteiger partial charge in [0.15, 0.2) is 0 Å². The summed E-state index contributed by atoms with van der Waals surface area (Å²) in [5.41, 5.74) is 2.00. The summed E-state index contributed by atoms with van der Waals surface area (Å²) in [4.78, 5) is 4.67. The van der Waals surface area contributed by atoms with Crippen LogP contribution in [0.3, 0.4) is 0 Å². The maximum Gasteiger partial charge on any atom is 0.131 e. The Balaban J connectivity index is 1.93. The fourth-order valence-corrected chi connectivity index (χ4v) is 2.42. The molecule has 1 atom stereocenters. The molecule has 1 aliphatic heterocycles. The quantitative estimate of drug-likeness (QED) is 0.908. The second kappa shape index (κ2) is 6.20. The van der Waals surface area contributed by atoms with Gasteiger partial charge in [-0.05, 0) is 18.7 Å². The van der Waals surface area contributed by atoms with Crippen molar-refractivity contribution in [2.24, 2.45) is 0 Å².